The smallest absolute Gasteiger partial charge is 0.352 e. The maximum absolute atomic E-state index is 11.0. The molecule has 0 atom stereocenters. The number of amides is 1. The zero-order valence-corrected chi connectivity index (χ0v) is 10.1. The molecule has 0 fully saturated rings. The van der Waals surface area contributed by atoms with Crippen molar-refractivity contribution in [2.75, 3.05) is 0 Å². The van der Waals surface area contributed by atoms with E-state index < -0.39 is 11.9 Å². The maximum atomic E-state index is 11.0. The van der Waals surface area contributed by atoms with Crippen molar-refractivity contribution in [3.8, 4) is 0 Å². The van der Waals surface area contributed by atoms with Gasteiger partial charge in [-0.15, -0.1) is 0 Å². The molecular weight excluding hydrogens is 218 g/mol. The summed E-state index contributed by atoms with van der Waals surface area (Å²) in [5.41, 5.74) is 2.66. The van der Waals surface area contributed by atoms with E-state index in [1.165, 1.54) is 13.0 Å². The van der Waals surface area contributed by atoms with E-state index in [0.29, 0.717) is 0 Å². The lowest BCUT2D eigenvalue weighted by molar-refractivity contribution is -0.134. The molecule has 0 aliphatic rings. The average Bonchev–Trinajstić information content (AvgIpc) is 2.21. The molecule has 4 heteroatoms. The van der Waals surface area contributed by atoms with Gasteiger partial charge in [0, 0.05) is 6.92 Å². The van der Waals surface area contributed by atoms with Gasteiger partial charge < -0.3 is 10.4 Å². The predicted octanol–water partition coefficient (Wildman–Crippen LogP) is 1.87. The molecule has 1 rings (SSSR count). The Morgan fingerprint density at radius 1 is 1.29 bits per heavy atom. The number of benzene rings is 1. The van der Waals surface area contributed by atoms with Gasteiger partial charge >= 0.3 is 5.97 Å². The molecule has 17 heavy (non-hydrogen) atoms. The second-order valence-corrected chi connectivity index (χ2v) is 3.90. The van der Waals surface area contributed by atoms with Crippen LogP contribution in [-0.2, 0) is 9.59 Å². The highest BCUT2D eigenvalue weighted by Gasteiger charge is 2.09. The molecule has 1 amide bonds. The minimum absolute atomic E-state index is 0.119. The molecule has 0 bridgehead atoms. The first-order valence-corrected chi connectivity index (χ1v) is 5.20. The number of aryl methyl sites for hydroxylation is 2. The summed E-state index contributed by atoms with van der Waals surface area (Å²) in [6.07, 6.45) is 1.46. The van der Waals surface area contributed by atoms with Crippen molar-refractivity contribution in [2.45, 2.75) is 20.8 Å². The first kappa shape index (κ1) is 13.0. The van der Waals surface area contributed by atoms with E-state index in [-0.39, 0.29) is 5.70 Å². The number of carbonyl (C=O) groups excluding carboxylic acids is 1. The zero-order chi connectivity index (χ0) is 13.0. The molecule has 0 saturated carbocycles. The molecule has 0 unspecified atom stereocenters. The summed E-state index contributed by atoms with van der Waals surface area (Å²) in [6, 6.07) is 5.74. The third-order valence-electron chi connectivity index (χ3n) is 2.28. The highest BCUT2D eigenvalue weighted by atomic mass is 16.4. The van der Waals surface area contributed by atoms with Gasteiger partial charge in [-0.3, -0.25) is 4.79 Å². The summed E-state index contributed by atoms with van der Waals surface area (Å²) in [5.74, 6) is -1.55. The van der Waals surface area contributed by atoms with Crippen LogP contribution in [0.15, 0.2) is 23.9 Å². The Morgan fingerprint density at radius 3 is 2.47 bits per heavy atom. The van der Waals surface area contributed by atoms with Crippen LogP contribution in [0.4, 0.5) is 0 Å². The van der Waals surface area contributed by atoms with Crippen LogP contribution in [-0.4, -0.2) is 17.0 Å². The van der Waals surface area contributed by atoms with Gasteiger partial charge in [0.15, 0.2) is 0 Å². The lowest BCUT2D eigenvalue weighted by Crippen LogP contribution is -2.24. The molecule has 0 heterocycles. The first-order valence-electron chi connectivity index (χ1n) is 5.20. The molecule has 0 spiro atoms. The molecule has 0 aliphatic heterocycles. The molecule has 1 aromatic rings. The fraction of sp³-hybridized carbons (Fsp3) is 0.231. The zero-order valence-electron chi connectivity index (χ0n) is 10.1. The second kappa shape index (κ2) is 5.30. The van der Waals surface area contributed by atoms with Gasteiger partial charge in [0.1, 0.15) is 5.70 Å². The number of nitrogens with one attached hydrogen (secondary N) is 1. The molecule has 2 N–H and O–H groups in total. The highest BCUT2D eigenvalue weighted by molar-refractivity contribution is 5.96. The van der Waals surface area contributed by atoms with Gasteiger partial charge in [0.2, 0.25) is 5.91 Å². The summed E-state index contributed by atoms with van der Waals surface area (Å²) < 4.78 is 0. The van der Waals surface area contributed by atoms with E-state index in [2.05, 4.69) is 5.32 Å². The van der Waals surface area contributed by atoms with E-state index in [1.54, 1.807) is 0 Å². The quantitative estimate of drug-likeness (QED) is 0.783. The van der Waals surface area contributed by atoms with Crippen molar-refractivity contribution in [1.82, 2.24) is 5.32 Å². The number of carboxylic acids is 1. The number of aliphatic carboxylic acids is 1. The van der Waals surface area contributed by atoms with Gasteiger partial charge in [-0.2, -0.15) is 0 Å². The standard InChI is InChI=1S/C13H15NO3/c1-8-4-5-9(2)11(6-8)7-12(13(16)17)14-10(3)15/h4-7H,1-3H3,(H,14,15)(H,16,17)/b12-7+. The third-order valence-corrected chi connectivity index (χ3v) is 2.28. The molecule has 90 valence electrons. The normalized spacial score (nSPS) is 11.1. The largest absolute Gasteiger partial charge is 0.477 e. The van der Waals surface area contributed by atoms with Crippen LogP contribution in [0.2, 0.25) is 0 Å². The van der Waals surface area contributed by atoms with Crippen LogP contribution in [0.5, 0.6) is 0 Å². The predicted molar refractivity (Wildman–Crippen MR) is 65.3 cm³/mol. The van der Waals surface area contributed by atoms with Crippen LogP contribution in [0.3, 0.4) is 0 Å². The number of rotatable bonds is 3. The second-order valence-electron chi connectivity index (χ2n) is 3.90. The molecule has 0 radical (unpaired) electrons. The number of carboxylic acid groups (broad SMARTS) is 1. The number of hydrogen-bond acceptors (Lipinski definition) is 2. The lowest BCUT2D eigenvalue weighted by Gasteiger charge is -2.06. The summed E-state index contributed by atoms with van der Waals surface area (Å²) >= 11 is 0. The van der Waals surface area contributed by atoms with E-state index in [4.69, 9.17) is 5.11 Å². The van der Waals surface area contributed by atoms with Gasteiger partial charge in [0.25, 0.3) is 0 Å². The average molecular weight is 233 g/mol. The monoisotopic (exact) mass is 233 g/mol. The van der Waals surface area contributed by atoms with Crippen molar-refractivity contribution in [3.05, 3.63) is 40.6 Å². The van der Waals surface area contributed by atoms with Crippen LogP contribution in [0.25, 0.3) is 6.08 Å². The Kier molecular flexibility index (Phi) is 4.04. The fourth-order valence-electron chi connectivity index (χ4n) is 1.41. The van der Waals surface area contributed by atoms with E-state index in [9.17, 15) is 9.59 Å². The minimum atomic E-state index is -1.15. The van der Waals surface area contributed by atoms with Crippen LogP contribution >= 0.6 is 0 Å². The Hall–Kier alpha value is -2.10. The van der Waals surface area contributed by atoms with Crippen LogP contribution < -0.4 is 5.32 Å². The van der Waals surface area contributed by atoms with Crippen molar-refractivity contribution >= 4 is 18.0 Å². The Balaban J connectivity index is 3.16. The minimum Gasteiger partial charge on any atom is -0.477 e. The summed E-state index contributed by atoms with van der Waals surface area (Å²) in [4.78, 5) is 21.8. The molecule has 1 aromatic carbocycles. The first-order chi connectivity index (χ1) is 7.90. The summed E-state index contributed by atoms with van der Waals surface area (Å²) in [6.45, 7) is 5.09. The number of carbonyl (C=O) groups is 2. The lowest BCUT2D eigenvalue weighted by atomic mass is 10.0. The van der Waals surface area contributed by atoms with Gasteiger partial charge in [-0.1, -0.05) is 23.8 Å². The van der Waals surface area contributed by atoms with E-state index >= 15 is 0 Å². The molecule has 0 saturated heterocycles. The molecular formula is C13H15NO3. The number of hydrogen-bond donors (Lipinski definition) is 2. The molecule has 0 aliphatic carbocycles. The van der Waals surface area contributed by atoms with Crippen LogP contribution in [0, 0.1) is 13.8 Å². The van der Waals surface area contributed by atoms with Crippen molar-refractivity contribution in [2.24, 2.45) is 0 Å². The van der Waals surface area contributed by atoms with Crippen molar-refractivity contribution in [1.29, 1.82) is 0 Å². The van der Waals surface area contributed by atoms with Gasteiger partial charge in [-0.25, -0.2) is 4.79 Å². The Morgan fingerprint density at radius 2 is 1.94 bits per heavy atom. The summed E-state index contributed by atoms with van der Waals surface area (Å²) in [5, 5.41) is 11.3. The molecule has 0 aromatic heterocycles. The van der Waals surface area contributed by atoms with E-state index in [0.717, 1.165) is 16.7 Å². The third kappa shape index (κ3) is 3.75. The SMILES string of the molecule is CC(=O)N/C(=C/c1cc(C)ccc1C)C(=O)O. The maximum Gasteiger partial charge on any atom is 0.352 e. The topological polar surface area (TPSA) is 66.4 Å². The van der Waals surface area contributed by atoms with E-state index in [1.807, 2.05) is 32.0 Å². The van der Waals surface area contributed by atoms with Gasteiger partial charge in [0.05, 0.1) is 0 Å². The summed E-state index contributed by atoms with van der Waals surface area (Å²) in [7, 11) is 0. The fourth-order valence-corrected chi connectivity index (χ4v) is 1.41. The van der Waals surface area contributed by atoms with Gasteiger partial charge in [-0.05, 0) is 31.1 Å². The Labute approximate surface area is 100.0 Å². The van der Waals surface area contributed by atoms with Crippen molar-refractivity contribution in [3.63, 3.8) is 0 Å². The Bertz CT molecular complexity index is 489. The highest BCUT2D eigenvalue weighted by Crippen LogP contribution is 2.14. The molecule has 4 nitrogen and oxygen atoms in total. The van der Waals surface area contributed by atoms with Crippen molar-refractivity contribution < 1.29 is 14.7 Å². The van der Waals surface area contributed by atoms with Crippen LogP contribution in [0.1, 0.15) is 23.6 Å².